The number of hydrogen-bond acceptors (Lipinski definition) is 3. The fourth-order valence-corrected chi connectivity index (χ4v) is 2.56. The molecule has 0 aromatic heterocycles. The number of halogens is 1. The molecule has 3 rings (SSSR count). The van der Waals surface area contributed by atoms with Crippen LogP contribution in [0.25, 0.3) is 0 Å². The number of nitrogens with zero attached hydrogens (tertiary/aromatic N) is 1. The first-order valence-corrected chi connectivity index (χ1v) is 6.31. The Hall–Kier alpha value is -0.770. The molecule has 0 atom stereocenters. The van der Waals surface area contributed by atoms with E-state index < -0.39 is 0 Å². The fraction of sp³-hybridized carbons (Fsp3) is 0.571. The Morgan fingerprint density at radius 1 is 1.17 bits per heavy atom. The molecule has 1 aromatic rings. The first-order valence-electron chi connectivity index (χ1n) is 6.31. The van der Waals surface area contributed by atoms with E-state index in [4.69, 9.17) is 9.47 Å². The zero-order chi connectivity index (χ0) is 11.7. The third kappa shape index (κ3) is 2.63. The first-order chi connectivity index (χ1) is 8.27. The summed E-state index contributed by atoms with van der Waals surface area (Å²) in [4.78, 5) is 2.35. The van der Waals surface area contributed by atoms with Crippen molar-refractivity contribution in [3.8, 4) is 5.75 Å². The zero-order valence-corrected chi connectivity index (χ0v) is 11.5. The van der Waals surface area contributed by atoms with Crippen LogP contribution in [-0.2, 0) is 11.3 Å². The largest absolute Gasteiger partial charge is 0.490 e. The molecule has 0 radical (unpaired) electrons. The van der Waals surface area contributed by atoms with Crippen molar-refractivity contribution in [2.24, 2.45) is 0 Å². The van der Waals surface area contributed by atoms with Gasteiger partial charge >= 0.3 is 0 Å². The summed E-state index contributed by atoms with van der Waals surface area (Å²) in [7, 11) is 2.17. The van der Waals surface area contributed by atoms with Crippen LogP contribution in [0.3, 0.4) is 0 Å². The van der Waals surface area contributed by atoms with Gasteiger partial charge in [-0.3, -0.25) is 0 Å². The Morgan fingerprint density at radius 3 is 2.67 bits per heavy atom. The maximum atomic E-state index is 6.15. The fourth-order valence-electron chi connectivity index (χ4n) is 2.56. The van der Waals surface area contributed by atoms with Crippen LogP contribution in [0.4, 0.5) is 0 Å². The summed E-state index contributed by atoms with van der Waals surface area (Å²) in [6.45, 7) is 3.57. The molecule has 2 aliphatic heterocycles. The average molecular weight is 270 g/mol. The van der Waals surface area contributed by atoms with Gasteiger partial charge in [-0.2, -0.15) is 0 Å². The van der Waals surface area contributed by atoms with E-state index in [-0.39, 0.29) is 18.0 Å². The summed E-state index contributed by atoms with van der Waals surface area (Å²) in [6, 6.07) is 8.18. The molecular formula is C14H20ClNO2. The van der Waals surface area contributed by atoms with Crippen LogP contribution in [0, 0.1) is 0 Å². The smallest absolute Gasteiger partial charge is 0.124 e. The van der Waals surface area contributed by atoms with Crippen molar-refractivity contribution < 1.29 is 9.47 Å². The van der Waals surface area contributed by atoms with Crippen LogP contribution in [0.15, 0.2) is 24.3 Å². The molecule has 18 heavy (non-hydrogen) atoms. The van der Waals surface area contributed by atoms with Crippen LogP contribution < -0.4 is 4.74 Å². The third-order valence-corrected chi connectivity index (χ3v) is 3.90. The molecule has 1 fully saturated rings. The molecule has 0 amide bonds. The molecular weight excluding hydrogens is 250 g/mol. The SMILES string of the molecule is CN1CCC2(CC1)COc1ccccc1CO2.Cl. The molecule has 4 heteroatoms. The molecule has 100 valence electrons. The second kappa shape index (κ2) is 5.47. The monoisotopic (exact) mass is 269 g/mol. The number of ether oxygens (including phenoxy) is 2. The van der Waals surface area contributed by atoms with Gasteiger partial charge in [0.1, 0.15) is 18.0 Å². The van der Waals surface area contributed by atoms with E-state index >= 15 is 0 Å². The quantitative estimate of drug-likeness (QED) is 0.722. The maximum Gasteiger partial charge on any atom is 0.124 e. The number of para-hydroxylation sites is 1. The molecule has 0 unspecified atom stereocenters. The minimum atomic E-state index is -0.0640. The average Bonchev–Trinajstić information content (AvgIpc) is 2.55. The van der Waals surface area contributed by atoms with E-state index in [0.717, 1.165) is 31.7 Å². The van der Waals surface area contributed by atoms with Crippen LogP contribution in [0.2, 0.25) is 0 Å². The van der Waals surface area contributed by atoms with Crippen molar-refractivity contribution in [3.63, 3.8) is 0 Å². The number of fused-ring (bicyclic) bond motifs is 1. The third-order valence-electron chi connectivity index (χ3n) is 3.90. The molecule has 1 spiro atoms. The van der Waals surface area contributed by atoms with Crippen molar-refractivity contribution in [3.05, 3.63) is 29.8 Å². The zero-order valence-electron chi connectivity index (χ0n) is 10.7. The van der Waals surface area contributed by atoms with E-state index in [1.165, 1.54) is 5.56 Å². The van der Waals surface area contributed by atoms with Crippen LogP contribution in [-0.4, -0.2) is 37.2 Å². The molecule has 1 saturated heterocycles. The van der Waals surface area contributed by atoms with Gasteiger partial charge in [0, 0.05) is 18.7 Å². The van der Waals surface area contributed by atoms with Crippen molar-refractivity contribution in [2.75, 3.05) is 26.7 Å². The van der Waals surface area contributed by atoms with Gasteiger partial charge in [0.2, 0.25) is 0 Å². The minimum absolute atomic E-state index is 0. The van der Waals surface area contributed by atoms with Crippen LogP contribution >= 0.6 is 12.4 Å². The topological polar surface area (TPSA) is 21.7 Å². The van der Waals surface area contributed by atoms with Gasteiger partial charge in [-0.1, -0.05) is 18.2 Å². The predicted molar refractivity (Wildman–Crippen MR) is 73.4 cm³/mol. The lowest BCUT2D eigenvalue weighted by Crippen LogP contribution is -2.47. The van der Waals surface area contributed by atoms with Gasteiger partial charge in [0.25, 0.3) is 0 Å². The Bertz CT molecular complexity index is 374. The van der Waals surface area contributed by atoms with E-state index in [9.17, 15) is 0 Å². The first kappa shape index (κ1) is 13.7. The lowest BCUT2D eigenvalue weighted by molar-refractivity contribution is -0.104. The summed E-state index contributed by atoms with van der Waals surface area (Å²) in [6.07, 6.45) is 2.13. The molecule has 0 aliphatic carbocycles. The highest BCUT2D eigenvalue weighted by atomic mass is 35.5. The number of piperidine rings is 1. The van der Waals surface area contributed by atoms with Gasteiger partial charge in [-0.25, -0.2) is 0 Å². The number of rotatable bonds is 0. The molecule has 2 aliphatic rings. The predicted octanol–water partition coefficient (Wildman–Crippen LogP) is 2.48. The summed E-state index contributed by atoms with van der Waals surface area (Å²) in [5, 5.41) is 0. The van der Waals surface area contributed by atoms with Crippen molar-refractivity contribution in [1.82, 2.24) is 4.90 Å². The van der Waals surface area contributed by atoms with Gasteiger partial charge in [-0.15, -0.1) is 12.4 Å². The lowest BCUT2D eigenvalue weighted by Gasteiger charge is -2.38. The highest BCUT2D eigenvalue weighted by molar-refractivity contribution is 5.85. The Labute approximate surface area is 114 Å². The summed E-state index contributed by atoms with van der Waals surface area (Å²) >= 11 is 0. The highest BCUT2D eigenvalue weighted by Crippen LogP contribution is 2.33. The molecule has 0 bridgehead atoms. The Balaban J connectivity index is 0.00000120. The number of likely N-dealkylation sites (tertiary alicyclic amines) is 1. The van der Waals surface area contributed by atoms with Crippen molar-refractivity contribution in [1.29, 1.82) is 0 Å². The summed E-state index contributed by atoms with van der Waals surface area (Å²) in [5.74, 6) is 0.989. The van der Waals surface area contributed by atoms with Crippen molar-refractivity contribution in [2.45, 2.75) is 25.0 Å². The summed E-state index contributed by atoms with van der Waals surface area (Å²) < 4.78 is 12.1. The highest BCUT2D eigenvalue weighted by Gasteiger charge is 2.37. The van der Waals surface area contributed by atoms with Crippen molar-refractivity contribution >= 4 is 12.4 Å². The molecule has 0 N–H and O–H groups in total. The molecule has 1 aromatic carbocycles. The normalized spacial score (nSPS) is 22.5. The molecule has 2 heterocycles. The van der Waals surface area contributed by atoms with E-state index in [0.29, 0.717) is 13.2 Å². The maximum absolute atomic E-state index is 6.15. The Morgan fingerprint density at radius 2 is 1.89 bits per heavy atom. The number of benzene rings is 1. The standard InChI is InChI=1S/C14H19NO2.ClH/c1-15-8-6-14(7-9-15)11-16-13-5-3-2-4-12(13)10-17-14;/h2-5H,6-11H2,1H3;1H. The van der Waals surface area contributed by atoms with E-state index in [2.05, 4.69) is 18.0 Å². The lowest BCUT2D eigenvalue weighted by atomic mass is 9.92. The van der Waals surface area contributed by atoms with E-state index in [1.807, 2.05) is 18.2 Å². The Kier molecular flexibility index (Phi) is 4.15. The summed E-state index contributed by atoms with van der Waals surface area (Å²) in [5.41, 5.74) is 1.11. The van der Waals surface area contributed by atoms with Gasteiger partial charge in [-0.05, 0) is 26.0 Å². The molecule has 3 nitrogen and oxygen atoms in total. The minimum Gasteiger partial charge on any atom is -0.490 e. The van der Waals surface area contributed by atoms with Gasteiger partial charge in [0.15, 0.2) is 0 Å². The number of hydrogen-bond donors (Lipinski definition) is 0. The van der Waals surface area contributed by atoms with Gasteiger partial charge < -0.3 is 14.4 Å². The second-order valence-electron chi connectivity index (χ2n) is 5.17. The van der Waals surface area contributed by atoms with Gasteiger partial charge in [0.05, 0.1) is 6.61 Å². The molecule has 0 saturated carbocycles. The van der Waals surface area contributed by atoms with Crippen LogP contribution in [0.5, 0.6) is 5.75 Å². The van der Waals surface area contributed by atoms with Crippen LogP contribution in [0.1, 0.15) is 18.4 Å². The van der Waals surface area contributed by atoms with E-state index in [1.54, 1.807) is 0 Å². The second-order valence-corrected chi connectivity index (χ2v) is 5.17.